The van der Waals surface area contributed by atoms with Crippen LogP contribution in [0.1, 0.15) is 18.9 Å². The molecule has 0 bridgehead atoms. The maximum absolute atomic E-state index is 9.02. The quantitative estimate of drug-likeness (QED) is 0.901. The number of ether oxygens (including phenoxy) is 1. The van der Waals surface area contributed by atoms with Crippen molar-refractivity contribution in [2.75, 3.05) is 19.0 Å². The molecule has 102 valence electrons. The van der Waals surface area contributed by atoms with Crippen LogP contribution in [0.3, 0.4) is 0 Å². The Morgan fingerprint density at radius 1 is 1.30 bits per heavy atom. The highest BCUT2D eigenvalue weighted by atomic mass is 16.5. The van der Waals surface area contributed by atoms with E-state index in [0.29, 0.717) is 11.3 Å². The van der Waals surface area contributed by atoms with E-state index in [1.54, 1.807) is 31.5 Å². The van der Waals surface area contributed by atoms with Gasteiger partial charge in [-0.15, -0.1) is 0 Å². The fourth-order valence-electron chi connectivity index (χ4n) is 1.93. The lowest BCUT2D eigenvalue weighted by molar-refractivity contribution is 0.416. The Bertz CT molecular complexity index is 632. The summed E-state index contributed by atoms with van der Waals surface area (Å²) >= 11 is 0. The maximum Gasteiger partial charge on any atom is 0.128 e. The molecule has 2 rings (SSSR count). The summed E-state index contributed by atoms with van der Waals surface area (Å²) in [6, 6.07) is 11.4. The van der Waals surface area contributed by atoms with E-state index in [2.05, 4.69) is 23.3 Å². The standard InChI is InChI=1S/C16H17N3O/c1-3-7-18-13-6-8-19-15(10-13)14-9-12(11-17)4-5-16(14)20-2/h4-6,8-10H,3,7H2,1-2H3,(H,18,19). The third-order valence-electron chi connectivity index (χ3n) is 2.94. The number of pyridine rings is 1. The Kier molecular flexibility index (Phi) is 4.56. The summed E-state index contributed by atoms with van der Waals surface area (Å²) in [7, 11) is 1.62. The molecule has 0 spiro atoms. The van der Waals surface area contributed by atoms with Crippen molar-refractivity contribution in [3.63, 3.8) is 0 Å². The van der Waals surface area contributed by atoms with Crippen molar-refractivity contribution in [3.8, 4) is 23.1 Å². The Balaban J connectivity index is 2.42. The van der Waals surface area contributed by atoms with Crippen LogP contribution in [0.4, 0.5) is 5.69 Å². The third-order valence-corrected chi connectivity index (χ3v) is 2.94. The topological polar surface area (TPSA) is 57.9 Å². The summed E-state index contributed by atoms with van der Waals surface area (Å²) < 4.78 is 5.35. The van der Waals surface area contributed by atoms with Gasteiger partial charge in [-0.25, -0.2) is 0 Å². The molecule has 0 saturated carbocycles. The van der Waals surface area contributed by atoms with Gasteiger partial charge in [-0.2, -0.15) is 5.26 Å². The minimum atomic E-state index is 0.592. The molecule has 0 radical (unpaired) electrons. The van der Waals surface area contributed by atoms with E-state index in [1.807, 2.05) is 12.1 Å². The van der Waals surface area contributed by atoms with E-state index in [9.17, 15) is 0 Å². The molecule has 0 aliphatic carbocycles. The zero-order chi connectivity index (χ0) is 14.4. The fourth-order valence-corrected chi connectivity index (χ4v) is 1.93. The van der Waals surface area contributed by atoms with E-state index in [0.717, 1.165) is 29.9 Å². The van der Waals surface area contributed by atoms with E-state index in [1.165, 1.54) is 0 Å². The highest BCUT2D eigenvalue weighted by molar-refractivity contribution is 5.71. The number of nitrogens with one attached hydrogen (secondary N) is 1. The van der Waals surface area contributed by atoms with E-state index >= 15 is 0 Å². The van der Waals surface area contributed by atoms with Crippen LogP contribution in [0.15, 0.2) is 36.5 Å². The summed E-state index contributed by atoms with van der Waals surface area (Å²) in [6.45, 7) is 3.04. The van der Waals surface area contributed by atoms with Crippen molar-refractivity contribution < 1.29 is 4.74 Å². The molecule has 1 heterocycles. The van der Waals surface area contributed by atoms with Crippen molar-refractivity contribution in [1.82, 2.24) is 4.98 Å². The number of nitrogens with zero attached hydrogens (tertiary/aromatic N) is 2. The predicted molar refractivity (Wildman–Crippen MR) is 79.7 cm³/mol. The molecule has 1 aromatic carbocycles. The SMILES string of the molecule is CCCNc1ccnc(-c2cc(C#N)ccc2OC)c1. The predicted octanol–water partition coefficient (Wildman–Crippen LogP) is 3.45. The number of nitriles is 1. The van der Waals surface area contributed by atoms with Crippen LogP contribution < -0.4 is 10.1 Å². The largest absolute Gasteiger partial charge is 0.496 e. The van der Waals surface area contributed by atoms with Gasteiger partial charge in [0, 0.05) is 24.0 Å². The zero-order valence-electron chi connectivity index (χ0n) is 11.7. The van der Waals surface area contributed by atoms with Gasteiger partial charge in [0.2, 0.25) is 0 Å². The molecular weight excluding hydrogens is 250 g/mol. The second-order valence-corrected chi connectivity index (χ2v) is 4.38. The van der Waals surface area contributed by atoms with Crippen molar-refractivity contribution in [2.45, 2.75) is 13.3 Å². The van der Waals surface area contributed by atoms with Crippen LogP contribution in [0, 0.1) is 11.3 Å². The Labute approximate surface area is 119 Å². The molecule has 4 heteroatoms. The summed E-state index contributed by atoms with van der Waals surface area (Å²) in [4.78, 5) is 4.37. The van der Waals surface area contributed by atoms with E-state index < -0.39 is 0 Å². The maximum atomic E-state index is 9.02. The highest BCUT2D eigenvalue weighted by Gasteiger charge is 2.09. The summed E-state index contributed by atoms with van der Waals surface area (Å²) in [6.07, 6.45) is 2.82. The molecule has 0 aliphatic rings. The molecule has 1 N–H and O–H groups in total. The Morgan fingerprint density at radius 2 is 2.15 bits per heavy atom. The first-order chi connectivity index (χ1) is 9.78. The van der Waals surface area contributed by atoms with E-state index in [4.69, 9.17) is 10.00 Å². The van der Waals surface area contributed by atoms with Crippen LogP contribution in [0.25, 0.3) is 11.3 Å². The third kappa shape index (κ3) is 3.07. The van der Waals surface area contributed by atoms with Gasteiger partial charge in [0.15, 0.2) is 0 Å². The van der Waals surface area contributed by atoms with Crippen molar-refractivity contribution in [1.29, 1.82) is 5.26 Å². The minimum Gasteiger partial charge on any atom is -0.496 e. The lowest BCUT2D eigenvalue weighted by atomic mass is 10.1. The minimum absolute atomic E-state index is 0.592. The first kappa shape index (κ1) is 13.9. The number of benzene rings is 1. The van der Waals surface area contributed by atoms with Crippen LogP contribution in [-0.2, 0) is 0 Å². The van der Waals surface area contributed by atoms with Gasteiger partial charge in [-0.05, 0) is 36.8 Å². The van der Waals surface area contributed by atoms with E-state index in [-0.39, 0.29) is 0 Å². The first-order valence-electron chi connectivity index (χ1n) is 6.57. The van der Waals surface area contributed by atoms with Gasteiger partial charge in [0.25, 0.3) is 0 Å². The molecule has 0 aliphatic heterocycles. The van der Waals surface area contributed by atoms with Crippen LogP contribution >= 0.6 is 0 Å². The molecule has 0 unspecified atom stereocenters. The molecule has 4 nitrogen and oxygen atoms in total. The lowest BCUT2D eigenvalue weighted by Crippen LogP contribution is -2.00. The highest BCUT2D eigenvalue weighted by Crippen LogP contribution is 2.30. The van der Waals surface area contributed by atoms with Crippen molar-refractivity contribution >= 4 is 5.69 Å². The van der Waals surface area contributed by atoms with Gasteiger partial charge in [0.05, 0.1) is 24.4 Å². The number of aromatic nitrogens is 1. The monoisotopic (exact) mass is 267 g/mol. The molecule has 0 saturated heterocycles. The smallest absolute Gasteiger partial charge is 0.128 e. The number of methoxy groups -OCH3 is 1. The lowest BCUT2D eigenvalue weighted by Gasteiger charge is -2.10. The second kappa shape index (κ2) is 6.58. The Hall–Kier alpha value is -2.54. The zero-order valence-corrected chi connectivity index (χ0v) is 11.7. The summed E-state index contributed by atoms with van der Waals surface area (Å²) in [5.74, 6) is 0.712. The van der Waals surface area contributed by atoms with Gasteiger partial charge in [-0.1, -0.05) is 6.92 Å². The average molecular weight is 267 g/mol. The van der Waals surface area contributed by atoms with Crippen molar-refractivity contribution in [2.24, 2.45) is 0 Å². The Morgan fingerprint density at radius 3 is 2.85 bits per heavy atom. The van der Waals surface area contributed by atoms with Crippen LogP contribution in [0.2, 0.25) is 0 Å². The number of hydrogen-bond acceptors (Lipinski definition) is 4. The summed E-state index contributed by atoms with van der Waals surface area (Å²) in [5.41, 5.74) is 3.22. The number of anilines is 1. The fraction of sp³-hybridized carbons (Fsp3) is 0.250. The molecule has 0 amide bonds. The molecule has 20 heavy (non-hydrogen) atoms. The number of rotatable bonds is 5. The van der Waals surface area contributed by atoms with Crippen LogP contribution in [0.5, 0.6) is 5.75 Å². The summed E-state index contributed by atoms with van der Waals surface area (Å²) in [5, 5.41) is 12.3. The molecular formula is C16H17N3O. The van der Waals surface area contributed by atoms with Crippen LogP contribution in [-0.4, -0.2) is 18.6 Å². The van der Waals surface area contributed by atoms with Gasteiger partial charge in [-0.3, -0.25) is 4.98 Å². The molecule has 0 atom stereocenters. The average Bonchev–Trinajstić information content (AvgIpc) is 2.52. The second-order valence-electron chi connectivity index (χ2n) is 4.38. The molecule has 0 fully saturated rings. The number of hydrogen-bond donors (Lipinski definition) is 1. The molecule has 2 aromatic rings. The normalized spacial score (nSPS) is 9.85. The first-order valence-corrected chi connectivity index (χ1v) is 6.57. The van der Waals surface area contributed by atoms with Gasteiger partial charge >= 0.3 is 0 Å². The van der Waals surface area contributed by atoms with Crippen molar-refractivity contribution in [3.05, 3.63) is 42.1 Å². The molecule has 1 aromatic heterocycles. The van der Waals surface area contributed by atoms with Gasteiger partial charge in [0.1, 0.15) is 5.75 Å². The van der Waals surface area contributed by atoms with Gasteiger partial charge < -0.3 is 10.1 Å².